The van der Waals surface area contributed by atoms with E-state index in [-0.39, 0.29) is 5.69 Å². The molecule has 0 aliphatic heterocycles. The van der Waals surface area contributed by atoms with Gasteiger partial charge in [-0.05, 0) is 37.6 Å². The molecule has 3 N–H and O–H groups in total. The number of nitrogen functional groups attached to an aromatic ring is 1. The van der Waals surface area contributed by atoms with Crippen LogP contribution < -0.4 is 11.1 Å². The summed E-state index contributed by atoms with van der Waals surface area (Å²) in [5.74, 6) is 0. The van der Waals surface area contributed by atoms with Crippen molar-refractivity contribution in [2.75, 3.05) is 11.1 Å². The number of nitro groups is 1. The lowest BCUT2D eigenvalue weighted by Gasteiger charge is -2.11. The lowest BCUT2D eigenvalue weighted by atomic mass is 10.1. The molecule has 0 aromatic heterocycles. The summed E-state index contributed by atoms with van der Waals surface area (Å²) < 4.78 is 0. The van der Waals surface area contributed by atoms with Crippen LogP contribution >= 0.6 is 0 Å². The van der Waals surface area contributed by atoms with Crippen LogP contribution in [0.4, 0.5) is 22.7 Å². The Labute approximate surface area is 111 Å². The van der Waals surface area contributed by atoms with E-state index in [2.05, 4.69) is 5.32 Å². The minimum Gasteiger partial charge on any atom is -0.399 e. The molecular weight excluding hydrogens is 242 g/mol. The zero-order chi connectivity index (χ0) is 14.0. The molecular formula is C14H15N3O2. The van der Waals surface area contributed by atoms with Crippen LogP contribution in [0.3, 0.4) is 0 Å². The fraction of sp³-hybridized carbons (Fsp3) is 0.143. The largest absolute Gasteiger partial charge is 0.399 e. The molecule has 0 bridgehead atoms. The smallest absolute Gasteiger partial charge is 0.294 e. The second kappa shape index (κ2) is 4.97. The molecule has 2 rings (SSSR count). The molecule has 0 fully saturated rings. The van der Waals surface area contributed by atoms with Crippen LogP contribution in [-0.4, -0.2) is 4.92 Å². The summed E-state index contributed by atoms with van der Waals surface area (Å²) in [6.07, 6.45) is 0. The molecule has 0 amide bonds. The molecule has 5 heteroatoms. The number of nitrogens with two attached hydrogens (primary N) is 1. The maximum atomic E-state index is 11.0. The van der Waals surface area contributed by atoms with Gasteiger partial charge in [-0.3, -0.25) is 10.1 Å². The van der Waals surface area contributed by atoms with Gasteiger partial charge in [0.15, 0.2) is 0 Å². The minimum absolute atomic E-state index is 0.0278. The molecule has 0 unspecified atom stereocenters. The molecule has 0 atom stereocenters. The predicted octanol–water partition coefficient (Wildman–Crippen LogP) is 3.54. The third-order valence-electron chi connectivity index (χ3n) is 2.87. The molecule has 0 saturated carbocycles. The Morgan fingerprint density at radius 2 is 1.79 bits per heavy atom. The number of anilines is 3. The van der Waals surface area contributed by atoms with Crippen LogP contribution in [0.25, 0.3) is 0 Å². The summed E-state index contributed by atoms with van der Waals surface area (Å²) in [5, 5.41) is 14.1. The third kappa shape index (κ3) is 2.82. The quantitative estimate of drug-likeness (QED) is 0.500. The molecule has 2 aromatic rings. The fourth-order valence-corrected chi connectivity index (χ4v) is 1.90. The number of hydrogen-bond donors (Lipinski definition) is 2. The van der Waals surface area contributed by atoms with Crippen LogP contribution in [0.5, 0.6) is 0 Å². The highest BCUT2D eigenvalue weighted by atomic mass is 16.6. The van der Waals surface area contributed by atoms with E-state index >= 15 is 0 Å². The van der Waals surface area contributed by atoms with Crippen LogP contribution in [0.15, 0.2) is 36.4 Å². The van der Waals surface area contributed by atoms with Gasteiger partial charge in [0.1, 0.15) is 5.69 Å². The van der Waals surface area contributed by atoms with Crippen molar-refractivity contribution in [3.8, 4) is 0 Å². The van der Waals surface area contributed by atoms with Crippen molar-refractivity contribution in [1.29, 1.82) is 0 Å². The Bertz CT molecular complexity index is 639. The van der Waals surface area contributed by atoms with Gasteiger partial charge in [0, 0.05) is 17.4 Å². The molecule has 0 radical (unpaired) electrons. The van der Waals surface area contributed by atoms with Crippen molar-refractivity contribution < 1.29 is 4.92 Å². The van der Waals surface area contributed by atoms with E-state index in [0.717, 1.165) is 16.8 Å². The Balaban J connectivity index is 2.40. The van der Waals surface area contributed by atoms with Crippen molar-refractivity contribution in [2.24, 2.45) is 0 Å². The molecule has 5 nitrogen and oxygen atoms in total. The van der Waals surface area contributed by atoms with Gasteiger partial charge in [-0.1, -0.05) is 17.7 Å². The molecule has 2 aromatic carbocycles. The number of benzene rings is 2. The summed E-state index contributed by atoms with van der Waals surface area (Å²) in [6.45, 7) is 3.96. The van der Waals surface area contributed by atoms with E-state index in [1.807, 2.05) is 32.0 Å². The van der Waals surface area contributed by atoms with Crippen LogP contribution in [-0.2, 0) is 0 Å². The lowest BCUT2D eigenvalue weighted by molar-refractivity contribution is -0.383. The number of rotatable bonds is 3. The Hall–Kier alpha value is -2.56. The summed E-state index contributed by atoms with van der Waals surface area (Å²) in [7, 11) is 0. The Kier molecular flexibility index (Phi) is 3.37. The van der Waals surface area contributed by atoms with E-state index in [4.69, 9.17) is 5.73 Å². The first kappa shape index (κ1) is 12.9. The van der Waals surface area contributed by atoms with Crippen LogP contribution in [0, 0.1) is 24.0 Å². The van der Waals surface area contributed by atoms with E-state index in [1.165, 1.54) is 6.07 Å². The Morgan fingerprint density at radius 3 is 2.42 bits per heavy atom. The first-order chi connectivity index (χ1) is 8.97. The minimum atomic E-state index is -0.442. The molecule has 98 valence electrons. The van der Waals surface area contributed by atoms with Crippen molar-refractivity contribution in [3.63, 3.8) is 0 Å². The van der Waals surface area contributed by atoms with Gasteiger partial charge < -0.3 is 11.1 Å². The molecule has 0 saturated heterocycles. The molecule has 0 aliphatic carbocycles. The lowest BCUT2D eigenvalue weighted by Crippen LogP contribution is -1.99. The van der Waals surface area contributed by atoms with E-state index in [9.17, 15) is 10.1 Å². The predicted molar refractivity (Wildman–Crippen MR) is 76.7 cm³/mol. The number of aryl methyl sites for hydroxylation is 2. The normalized spacial score (nSPS) is 10.2. The van der Waals surface area contributed by atoms with Gasteiger partial charge in [0.25, 0.3) is 5.69 Å². The van der Waals surface area contributed by atoms with Gasteiger partial charge >= 0.3 is 0 Å². The first-order valence-electron chi connectivity index (χ1n) is 5.85. The van der Waals surface area contributed by atoms with Crippen molar-refractivity contribution in [3.05, 3.63) is 57.6 Å². The Morgan fingerprint density at radius 1 is 1.11 bits per heavy atom. The molecule has 19 heavy (non-hydrogen) atoms. The SMILES string of the molecule is Cc1ccc(Nc2ccc(N)cc2[N+](=O)[O-])c(C)c1. The van der Waals surface area contributed by atoms with E-state index in [1.54, 1.807) is 12.1 Å². The fourth-order valence-electron chi connectivity index (χ4n) is 1.90. The number of nitrogens with zero attached hydrogens (tertiary/aromatic N) is 1. The molecule has 0 heterocycles. The number of nitro benzene ring substituents is 1. The van der Waals surface area contributed by atoms with Crippen molar-refractivity contribution in [2.45, 2.75) is 13.8 Å². The third-order valence-corrected chi connectivity index (χ3v) is 2.87. The van der Waals surface area contributed by atoms with Gasteiger partial charge in [-0.15, -0.1) is 0 Å². The number of nitrogens with one attached hydrogen (secondary N) is 1. The monoisotopic (exact) mass is 257 g/mol. The van der Waals surface area contributed by atoms with Crippen molar-refractivity contribution >= 4 is 22.7 Å². The molecule has 0 spiro atoms. The van der Waals surface area contributed by atoms with Crippen molar-refractivity contribution in [1.82, 2.24) is 0 Å². The second-order valence-corrected chi connectivity index (χ2v) is 4.48. The van der Waals surface area contributed by atoms with Gasteiger partial charge in [-0.2, -0.15) is 0 Å². The zero-order valence-electron chi connectivity index (χ0n) is 10.8. The summed E-state index contributed by atoms with van der Waals surface area (Å²) >= 11 is 0. The maximum Gasteiger partial charge on any atom is 0.294 e. The summed E-state index contributed by atoms with van der Waals surface area (Å²) in [5.41, 5.74) is 9.38. The second-order valence-electron chi connectivity index (χ2n) is 4.48. The van der Waals surface area contributed by atoms with Crippen LogP contribution in [0.2, 0.25) is 0 Å². The average molecular weight is 257 g/mol. The van der Waals surface area contributed by atoms with Crippen LogP contribution in [0.1, 0.15) is 11.1 Å². The standard InChI is InChI=1S/C14H15N3O2/c1-9-3-5-12(10(2)7-9)16-13-6-4-11(15)8-14(13)17(18)19/h3-8,16H,15H2,1-2H3. The van der Waals surface area contributed by atoms with E-state index in [0.29, 0.717) is 11.4 Å². The highest BCUT2D eigenvalue weighted by Gasteiger charge is 2.14. The molecule has 0 aliphatic rings. The van der Waals surface area contributed by atoms with Gasteiger partial charge in [0.2, 0.25) is 0 Å². The highest BCUT2D eigenvalue weighted by molar-refractivity contribution is 5.73. The summed E-state index contributed by atoms with van der Waals surface area (Å²) in [4.78, 5) is 10.6. The number of hydrogen-bond acceptors (Lipinski definition) is 4. The van der Waals surface area contributed by atoms with E-state index < -0.39 is 4.92 Å². The summed E-state index contributed by atoms with van der Waals surface area (Å²) in [6, 6.07) is 10.5. The first-order valence-corrected chi connectivity index (χ1v) is 5.85. The van der Waals surface area contributed by atoms with Gasteiger partial charge in [0.05, 0.1) is 4.92 Å². The maximum absolute atomic E-state index is 11.0. The van der Waals surface area contributed by atoms with Gasteiger partial charge in [-0.25, -0.2) is 0 Å². The topological polar surface area (TPSA) is 81.2 Å². The zero-order valence-corrected chi connectivity index (χ0v) is 10.8. The highest BCUT2D eigenvalue weighted by Crippen LogP contribution is 2.30. The average Bonchev–Trinajstić information content (AvgIpc) is 2.34.